The van der Waals surface area contributed by atoms with E-state index < -0.39 is 5.97 Å². The molecule has 0 fully saturated rings. The molecular formula is C14H15IN2O2. The second-order valence-electron chi connectivity index (χ2n) is 4.32. The SMILES string of the molecule is CCCCn1cc(C(=O)O)c(-c2ccc(I)cc2)n1. The van der Waals surface area contributed by atoms with Gasteiger partial charge >= 0.3 is 5.97 Å². The van der Waals surface area contributed by atoms with Gasteiger partial charge in [-0.3, -0.25) is 4.68 Å². The molecule has 0 radical (unpaired) electrons. The van der Waals surface area contributed by atoms with Gasteiger partial charge in [0.2, 0.25) is 0 Å². The molecule has 2 aromatic rings. The van der Waals surface area contributed by atoms with Crippen LogP contribution < -0.4 is 0 Å². The molecule has 0 atom stereocenters. The van der Waals surface area contributed by atoms with Gasteiger partial charge in [-0.05, 0) is 41.1 Å². The lowest BCUT2D eigenvalue weighted by Crippen LogP contribution is -1.98. The Bertz CT molecular complexity index is 576. The number of aromatic nitrogens is 2. The number of hydrogen-bond donors (Lipinski definition) is 1. The third-order valence-corrected chi connectivity index (χ3v) is 3.57. The number of aromatic carboxylic acids is 1. The second kappa shape index (κ2) is 6.18. The topological polar surface area (TPSA) is 55.1 Å². The highest BCUT2D eigenvalue weighted by Gasteiger charge is 2.16. The third kappa shape index (κ3) is 3.34. The van der Waals surface area contributed by atoms with Crippen molar-refractivity contribution in [3.05, 3.63) is 39.6 Å². The van der Waals surface area contributed by atoms with E-state index in [1.165, 1.54) is 0 Å². The molecule has 1 aromatic heterocycles. The average molecular weight is 370 g/mol. The highest BCUT2D eigenvalue weighted by atomic mass is 127. The molecule has 19 heavy (non-hydrogen) atoms. The first-order chi connectivity index (χ1) is 9.11. The van der Waals surface area contributed by atoms with Gasteiger partial charge in [-0.25, -0.2) is 4.79 Å². The highest BCUT2D eigenvalue weighted by molar-refractivity contribution is 14.1. The van der Waals surface area contributed by atoms with E-state index in [2.05, 4.69) is 34.6 Å². The van der Waals surface area contributed by atoms with Crippen LogP contribution in [-0.2, 0) is 6.54 Å². The second-order valence-corrected chi connectivity index (χ2v) is 5.57. The molecule has 0 amide bonds. The van der Waals surface area contributed by atoms with Crippen LogP contribution in [0.25, 0.3) is 11.3 Å². The van der Waals surface area contributed by atoms with Crippen LogP contribution in [0, 0.1) is 3.57 Å². The van der Waals surface area contributed by atoms with Crippen LogP contribution in [0.2, 0.25) is 0 Å². The van der Waals surface area contributed by atoms with Crippen molar-refractivity contribution in [2.45, 2.75) is 26.3 Å². The number of benzene rings is 1. The Morgan fingerprint density at radius 3 is 2.63 bits per heavy atom. The molecular weight excluding hydrogens is 355 g/mol. The quantitative estimate of drug-likeness (QED) is 0.818. The van der Waals surface area contributed by atoms with Crippen LogP contribution in [-0.4, -0.2) is 20.9 Å². The Balaban J connectivity index is 2.39. The smallest absolute Gasteiger partial charge is 0.339 e. The summed E-state index contributed by atoms with van der Waals surface area (Å²) in [6.07, 6.45) is 3.67. The lowest BCUT2D eigenvalue weighted by atomic mass is 10.1. The maximum absolute atomic E-state index is 11.3. The predicted molar refractivity (Wildman–Crippen MR) is 82.2 cm³/mol. The van der Waals surface area contributed by atoms with Gasteiger partial charge in [0.1, 0.15) is 11.3 Å². The van der Waals surface area contributed by atoms with E-state index in [4.69, 9.17) is 0 Å². The summed E-state index contributed by atoms with van der Waals surface area (Å²) in [6.45, 7) is 2.85. The average Bonchev–Trinajstić information content (AvgIpc) is 2.81. The first kappa shape index (κ1) is 14.0. The molecule has 0 aliphatic carbocycles. The predicted octanol–water partition coefficient (Wildman–Crippen LogP) is 3.65. The normalized spacial score (nSPS) is 10.6. The Hall–Kier alpha value is -1.37. The van der Waals surface area contributed by atoms with E-state index in [1.807, 2.05) is 24.3 Å². The summed E-state index contributed by atoms with van der Waals surface area (Å²) >= 11 is 2.22. The van der Waals surface area contributed by atoms with Gasteiger partial charge in [-0.1, -0.05) is 25.5 Å². The van der Waals surface area contributed by atoms with E-state index in [1.54, 1.807) is 10.9 Å². The molecule has 2 rings (SSSR count). The fraction of sp³-hybridized carbons (Fsp3) is 0.286. The number of unbranched alkanes of at least 4 members (excludes halogenated alkanes) is 1. The standard InChI is InChI=1S/C14H15IN2O2/c1-2-3-8-17-9-12(14(18)19)13(16-17)10-4-6-11(15)7-5-10/h4-7,9H,2-3,8H2,1H3,(H,18,19). The molecule has 0 aliphatic rings. The molecule has 0 saturated heterocycles. The maximum atomic E-state index is 11.3. The zero-order valence-corrected chi connectivity index (χ0v) is 12.8. The van der Waals surface area contributed by atoms with Crippen molar-refractivity contribution in [1.29, 1.82) is 0 Å². The van der Waals surface area contributed by atoms with Crippen molar-refractivity contribution in [2.75, 3.05) is 0 Å². The first-order valence-corrected chi connectivity index (χ1v) is 7.26. The maximum Gasteiger partial charge on any atom is 0.339 e. The van der Waals surface area contributed by atoms with Crippen LogP contribution in [0.15, 0.2) is 30.5 Å². The Kier molecular flexibility index (Phi) is 4.57. The molecule has 0 unspecified atom stereocenters. The van der Waals surface area contributed by atoms with E-state index in [0.717, 1.165) is 28.5 Å². The molecule has 1 N–H and O–H groups in total. The molecule has 100 valence electrons. The van der Waals surface area contributed by atoms with Gasteiger partial charge in [-0.15, -0.1) is 0 Å². The molecule has 4 nitrogen and oxygen atoms in total. The van der Waals surface area contributed by atoms with E-state index in [9.17, 15) is 9.90 Å². The van der Waals surface area contributed by atoms with E-state index >= 15 is 0 Å². The van der Waals surface area contributed by atoms with Crippen molar-refractivity contribution in [1.82, 2.24) is 9.78 Å². The minimum atomic E-state index is -0.934. The Morgan fingerprint density at radius 2 is 2.05 bits per heavy atom. The summed E-state index contributed by atoms with van der Waals surface area (Å²) in [7, 11) is 0. The number of nitrogens with zero attached hydrogens (tertiary/aromatic N) is 2. The monoisotopic (exact) mass is 370 g/mol. The number of carboxylic acids is 1. The molecule has 0 aliphatic heterocycles. The molecule has 5 heteroatoms. The Labute approximate surface area is 125 Å². The fourth-order valence-corrected chi connectivity index (χ4v) is 2.19. The number of rotatable bonds is 5. The first-order valence-electron chi connectivity index (χ1n) is 6.18. The van der Waals surface area contributed by atoms with Gasteiger partial charge in [0.05, 0.1) is 0 Å². The minimum absolute atomic E-state index is 0.261. The molecule has 1 heterocycles. The van der Waals surface area contributed by atoms with Crippen molar-refractivity contribution in [3.8, 4) is 11.3 Å². The zero-order chi connectivity index (χ0) is 13.8. The molecule has 0 bridgehead atoms. The van der Waals surface area contributed by atoms with Gasteiger partial charge in [0.25, 0.3) is 0 Å². The number of aryl methyl sites for hydroxylation is 1. The molecule has 0 saturated carbocycles. The summed E-state index contributed by atoms with van der Waals surface area (Å²) in [5.74, 6) is -0.934. The largest absolute Gasteiger partial charge is 0.478 e. The van der Waals surface area contributed by atoms with E-state index in [0.29, 0.717) is 5.69 Å². The van der Waals surface area contributed by atoms with E-state index in [-0.39, 0.29) is 5.56 Å². The van der Waals surface area contributed by atoms with Crippen molar-refractivity contribution in [2.24, 2.45) is 0 Å². The number of carboxylic acid groups (broad SMARTS) is 1. The van der Waals surface area contributed by atoms with Crippen molar-refractivity contribution < 1.29 is 9.90 Å². The Morgan fingerprint density at radius 1 is 1.37 bits per heavy atom. The van der Waals surface area contributed by atoms with Crippen LogP contribution >= 0.6 is 22.6 Å². The molecule has 1 aromatic carbocycles. The van der Waals surface area contributed by atoms with Crippen LogP contribution in [0.5, 0.6) is 0 Å². The van der Waals surface area contributed by atoms with Crippen LogP contribution in [0.3, 0.4) is 0 Å². The van der Waals surface area contributed by atoms with Gasteiger partial charge in [0.15, 0.2) is 0 Å². The highest BCUT2D eigenvalue weighted by Crippen LogP contribution is 2.23. The van der Waals surface area contributed by atoms with Gasteiger partial charge in [0, 0.05) is 21.9 Å². The van der Waals surface area contributed by atoms with Gasteiger partial charge < -0.3 is 5.11 Å². The summed E-state index contributed by atoms with van der Waals surface area (Å²) < 4.78 is 2.84. The molecule has 0 spiro atoms. The summed E-state index contributed by atoms with van der Waals surface area (Å²) in [6, 6.07) is 7.71. The number of halogens is 1. The van der Waals surface area contributed by atoms with Crippen molar-refractivity contribution >= 4 is 28.6 Å². The summed E-state index contributed by atoms with van der Waals surface area (Å²) in [4.78, 5) is 11.3. The minimum Gasteiger partial charge on any atom is -0.478 e. The van der Waals surface area contributed by atoms with Crippen molar-refractivity contribution in [3.63, 3.8) is 0 Å². The lowest BCUT2D eigenvalue weighted by molar-refractivity contribution is 0.0697. The lowest BCUT2D eigenvalue weighted by Gasteiger charge is -2.00. The van der Waals surface area contributed by atoms with Gasteiger partial charge in [-0.2, -0.15) is 5.10 Å². The summed E-state index contributed by atoms with van der Waals surface area (Å²) in [5.41, 5.74) is 1.64. The number of hydrogen-bond acceptors (Lipinski definition) is 2. The summed E-state index contributed by atoms with van der Waals surface area (Å²) in [5, 5.41) is 13.7. The fourth-order valence-electron chi connectivity index (χ4n) is 1.83. The van der Waals surface area contributed by atoms with Crippen LogP contribution in [0.1, 0.15) is 30.1 Å². The number of carbonyl (C=O) groups is 1. The third-order valence-electron chi connectivity index (χ3n) is 2.85. The van der Waals surface area contributed by atoms with Crippen LogP contribution in [0.4, 0.5) is 0 Å². The zero-order valence-electron chi connectivity index (χ0n) is 10.6.